The first-order valence-corrected chi connectivity index (χ1v) is 16.4. The first kappa shape index (κ1) is 37.6. The maximum Gasteiger partial charge on any atom is 0.129 e. The van der Waals surface area contributed by atoms with Gasteiger partial charge in [-0.25, -0.2) is 0 Å². The standard InChI is InChI=1S/C39H54O9/c1-40-20-28-14-27(15-29(21-41-2)36(28)46-7)26-10-12-39(13-11-26,34-16-30(22-42-3)37(47-8)31(17-34)23-43-4)35-18-32(24-44-5)38(48-9)33(19-35)25-45-6/h14-19,26H,10-13,20-25H2,1-9H3. The highest BCUT2D eigenvalue weighted by atomic mass is 16.5. The number of hydrogen-bond acceptors (Lipinski definition) is 9. The quantitative estimate of drug-likeness (QED) is 0.140. The molecule has 1 fully saturated rings. The Morgan fingerprint density at radius 2 is 0.708 bits per heavy atom. The van der Waals surface area contributed by atoms with E-state index < -0.39 is 0 Å². The van der Waals surface area contributed by atoms with E-state index in [2.05, 4.69) is 36.4 Å². The molecular weight excluding hydrogens is 612 g/mol. The molecule has 3 aromatic carbocycles. The van der Waals surface area contributed by atoms with Gasteiger partial charge in [-0.15, -0.1) is 0 Å². The van der Waals surface area contributed by atoms with Crippen molar-refractivity contribution < 1.29 is 42.6 Å². The third-order valence-corrected chi connectivity index (χ3v) is 9.58. The van der Waals surface area contributed by atoms with Crippen LogP contribution < -0.4 is 14.2 Å². The molecule has 1 aliphatic rings. The molecule has 9 heteroatoms. The number of rotatable bonds is 18. The first-order valence-electron chi connectivity index (χ1n) is 16.4. The molecule has 0 spiro atoms. The van der Waals surface area contributed by atoms with Crippen LogP contribution in [0.25, 0.3) is 0 Å². The van der Waals surface area contributed by atoms with Gasteiger partial charge in [0, 0.05) is 81.5 Å². The fourth-order valence-corrected chi connectivity index (χ4v) is 7.63. The average molecular weight is 667 g/mol. The molecule has 0 amide bonds. The lowest BCUT2D eigenvalue weighted by molar-refractivity contribution is 0.172. The molecule has 0 N–H and O–H groups in total. The van der Waals surface area contributed by atoms with Crippen molar-refractivity contribution in [3.05, 3.63) is 86.5 Å². The molecule has 0 aliphatic heterocycles. The lowest BCUT2D eigenvalue weighted by atomic mass is 9.61. The van der Waals surface area contributed by atoms with Crippen molar-refractivity contribution in [1.82, 2.24) is 0 Å². The molecule has 0 atom stereocenters. The number of hydrogen-bond donors (Lipinski definition) is 0. The van der Waals surface area contributed by atoms with Crippen LogP contribution in [0.15, 0.2) is 36.4 Å². The van der Waals surface area contributed by atoms with Gasteiger partial charge in [0.05, 0.1) is 61.0 Å². The highest BCUT2D eigenvalue weighted by Crippen LogP contribution is 2.52. The number of methoxy groups -OCH3 is 9. The molecule has 3 aromatic rings. The minimum absolute atomic E-state index is 0.317. The molecule has 0 aromatic heterocycles. The SMILES string of the molecule is COCc1cc(C2CCC(c3cc(COC)c(OC)c(COC)c3)(c3cc(COC)c(OC)c(COC)c3)CC2)cc(COC)c1OC. The lowest BCUT2D eigenvalue weighted by Gasteiger charge is -2.43. The Bertz CT molecular complexity index is 1330. The molecule has 4 rings (SSSR count). The Hall–Kier alpha value is -3.18. The van der Waals surface area contributed by atoms with E-state index in [4.69, 9.17) is 42.6 Å². The highest BCUT2D eigenvalue weighted by molar-refractivity contribution is 5.54. The molecule has 1 aliphatic carbocycles. The Balaban J connectivity index is 1.91. The van der Waals surface area contributed by atoms with E-state index in [9.17, 15) is 0 Å². The maximum absolute atomic E-state index is 5.91. The van der Waals surface area contributed by atoms with Gasteiger partial charge in [0.2, 0.25) is 0 Å². The summed E-state index contributed by atoms with van der Waals surface area (Å²) in [6.07, 6.45) is 3.78. The third-order valence-electron chi connectivity index (χ3n) is 9.58. The summed E-state index contributed by atoms with van der Waals surface area (Å²) in [4.78, 5) is 0. The van der Waals surface area contributed by atoms with Gasteiger partial charge in [0.25, 0.3) is 0 Å². The highest BCUT2D eigenvalue weighted by Gasteiger charge is 2.41. The summed E-state index contributed by atoms with van der Waals surface area (Å²) in [6.45, 7) is 2.64. The van der Waals surface area contributed by atoms with Crippen molar-refractivity contribution in [2.24, 2.45) is 0 Å². The van der Waals surface area contributed by atoms with E-state index in [1.165, 1.54) is 16.7 Å². The summed E-state index contributed by atoms with van der Waals surface area (Å²) >= 11 is 0. The predicted octanol–water partition coefficient (Wildman–Crippen LogP) is 7.23. The molecule has 0 heterocycles. The van der Waals surface area contributed by atoms with Gasteiger partial charge in [-0.3, -0.25) is 0 Å². The Kier molecular flexibility index (Phi) is 14.1. The lowest BCUT2D eigenvalue weighted by Crippen LogP contribution is -2.33. The summed E-state index contributed by atoms with van der Waals surface area (Å²) in [5, 5.41) is 0. The van der Waals surface area contributed by atoms with Crippen LogP contribution in [-0.2, 0) is 73.5 Å². The van der Waals surface area contributed by atoms with Gasteiger partial charge in [0.1, 0.15) is 17.2 Å². The van der Waals surface area contributed by atoms with E-state index in [1.54, 1.807) is 64.0 Å². The van der Waals surface area contributed by atoms with Crippen molar-refractivity contribution in [3.63, 3.8) is 0 Å². The molecular formula is C39H54O9. The van der Waals surface area contributed by atoms with Crippen molar-refractivity contribution in [2.75, 3.05) is 64.0 Å². The summed E-state index contributed by atoms with van der Waals surface area (Å²) in [6, 6.07) is 13.6. The second-order valence-corrected chi connectivity index (χ2v) is 12.5. The summed E-state index contributed by atoms with van der Waals surface area (Å²) in [7, 11) is 15.4. The van der Waals surface area contributed by atoms with Crippen LogP contribution in [0.1, 0.15) is 81.7 Å². The van der Waals surface area contributed by atoms with Crippen molar-refractivity contribution >= 4 is 0 Å². The summed E-state index contributed by atoms with van der Waals surface area (Å²) < 4.78 is 51.5. The molecule has 0 bridgehead atoms. The van der Waals surface area contributed by atoms with Crippen molar-refractivity contribution in [3.8, 4) is 17.2 Å². The molecule has 0 saturated heterocycles. The summed E-state index contributed by atoms with van der Waals surface area (Å²) in [5.41, 5.74) is 9.46. The molecule has 264 valence electrons. The van der Waals surface area contributed by atoms with Crippen molar-refractivity contribution in [2.45, 2.75) is 76.7 Å². The zero-order valence-corrected chi connectivity index (χ0v) is 30.3. The van der Waals surface area contributed by atoms with Gasteiger partial charge >= 0.3 is 0 Å². The van der Waals surface area contributed by atoms with Crippen LogP contribution in [-0.4, -0.2) is 64.0 Å². The van der Waals surface area contributed by atoms with Crippen molar-refractivity contribution in [1.29, 1.82) is 0 Å². The third kappa shape index (κ3) is 7.99. The van der Waals surface area contributed by atoms with E-state index in [0.717, 1.165) is 76.3 Å². The van der Waals surface area contributed by atoms with E-state index >= 15 is 0 Å². The topological polar surface area (TPSA) is 83.1 Å². The van der Waals surface area contributed by atoms with Crippen LogP contribution in [0.4, 0.5) is 0 Å². The zero-order chi connectivity index (χ0) is 34.7. The summed E-state index contributed by atoms with van der Waals surface area (Å²) in [5.74, 6) is 2.78. The Labute approximate surface area is 286 Å². The predicted molar refractivity (Wildman–Crippen MR) is 185 cm³/mol. The van der Waals surface area contributed by atoms with E-state index in [1.807, 2.05) is 0 Å². The minimum atomic E-state index is -0.317. The molecule has 1 saturated carbocycles. The van der Waals surface area contributed by atoms with E-state index in [-0.39, 0.29) is 5.41 Å². The number of ether oxygens (including phenoxy) is 9. The smallest absolute Gasteiger partial charge is 0.129 e. The molecule has 9 nitrogen and oxygen atoms in total. The Morgan fingerprint density at radius 3 is 0.958 bits per heavy atom. The largest absolute Gasteiger partial charge is 0.496 e. The van der Waals surface area contributed by atoms with Crippen LogP contribution in [0.2, 0.25) is 0 Å². The second kappa shape index (κ2) is 18.0. The zero-order valence-electron chi connectivity index (χ0n) is 30.3. The second-order valence-electron chi connectivity index (χ2n) is 12.5. The normalized spacial score (nSPS) is 14.7. The fourth-order valence-electron chi connectivity index (χ4n) is 7.63. The fraction of sp³-hybridized carbons (Fsp3) is 0.538. The maximum atomic E-state index is 5.91. The van der Waals surface area contributed by atoms with Crippen LogP contribution in [0.3, 0.4) is 0 Å². The van der Waals surface area contributed by atoms with Gasteiger partial charge in [0.15, 0.2) is 0 Å². The van der Waals surface area contributed by atoms with Gasteiger partial charge in [-0.2, -0.15) is 0 Å². The van der Waals surface area contributed by atoms with Crippen LogP contribution in [0, 0.1) is 0 Å². The van der Waals surface area contributed by atoms with Gasteiger partial charge < -0.3 is 42.6 Å². The number of benzene rings is 3. The van der Waals surface area contributed by atoms with Gasteiger partial charge in [-0.1, -0.05) is 0 Å². The average Bonchev–Trinajstić information content (AvgIpc) is 3.09. The molecule has 0 unspecified atom stereocenters. The van der Waals surface area contributed by atoms with E-state index in [0.29, 0.717) is 45.6 Å². The molecule has 48 heavy (non-hydrogen) atoms. The van der Waals surface area contributed by atoms with Crippen LogP contribution >= 0.6 is 0 Å². The van der Waals surface area contributed by atoms with Crippen LogP contribution in [0.5, 0.6) is 17.2 Å². The Morgan fingerprint density at radius 1 is 0.438 bits per heavy atom. The minimum Gasteiger partial charge on any atom is -0.496 e. The monoisotopic (exact) mass is 666 g/mol. The first-order chi connectivity index (χ1) is 23.4. The molecule has 0 radical (unpaired) electrons. The van der Waals surface area contributed by atoms with Gasteiger partial charge in [-0.05, 0) is 84.7 Å².